The fourth-order valence-electron chi connectivity index (χ4n) is 3.12. The first-order valence-corrected chi connectivity index (χ1v) is 9.58. The number of halogens is 5. The highest BCUT2D eigenvalue weighted by Crippen LogP contribution is 2.36. The maximum absolute atomic E-state index is 13.8. The molecule has 3 N–H and O–H groups in total. The summed E-state index contributed by atoms with van der Waals surface area (Å²) in [6.07, 6.45) is -0.418. The SMILES string of the molecule is O=C(Nc1ccc(Cl)c(C(F)(F)F)c1)c1cc(F)cnc1NCc1ccnc2[nH]ccc12. The molecule has 0 aliphatic carbocycles. The number of pyridine rings is 2. The van der Waals surface area contributed by atoms with Gasteiger partial charge >= 0.3 is 6.18 Å². The van der Waals surface area contributed by atoms with Crippen molar-refractivity contribution in [2.45, 2.75) is 12.7 Å². The van der Waals surface area contributed by atoms with Crippen LogP contribution in [0.25, 0.3) is 11.0 Å². The van der Waals surface area contributed by atoms with Gasteiger partial charge in [0.05, 0.1) is 22.3 Å². The maximum atomic E-state index is 13.8. The summed E-state index contributed by atoms with van der Waals surface area (Å²) in [4.78, 5) is 23.8. The molecule has 3 aromatic heterocycles. The number of anilines is 2. The van der Waals surface area contributed by atoms with Crippen molar-refractivity contribution in [2.75, 3.05) is 10.6 Å². The molecule has 0 bridgehead atoms. The first-order chi connectivity index (χ1) is 15.2. The molecule has 11 heteroatoms. The Bertz CT molecular complexity index is 1310. The number of aromatic nitrogens is 3. The Morgan fingerprint density at radius 1 is 1.12 bits per heavy atom. The fourth-order valence-corrected chi connectivity index (χ4v) is 3.35. The maximum Gasteiger partial charge on any atom is 0.417 e. The average molecular weight is 464 g/mol. The largest absolute Gasteiger partial charge is 0.417 e. The van der Waals surface area contributed by atoms with Crippen LogP contribution in [0.4, 0.5) is 29.1 Å². The van der Waals surface area contributed by atoms with Gasteiger partial charge in [-0.05, 0) is 42.0 Å². The highest BCUT2D eigenvalue weighted by molar-refractivity contribution is 6.31. The lowest BCUT2D eigenvalue weighted by atomic mass is 10.1. The molecule has 3 heterocycles. The number of fused-ring (bicyclic) bond motifs is 1. The molecule has 1 amide bonds. The lowest BCUT2D eigenvalue weighted by Crippen LogP contribution is -2.17. The normalized spacial score (nSPS) is 11.5. The highest BCUT2D eigenvalue weighted by atomic mass is 35.5. The smallest absolute Gasteiger partial charge is 0.365 e. The predicted molar refractivity (Wildman–Crippen MR) is 112 cm³/mol. The molecule has 0 aliphatic heterocycles. The van der Waals surface area contributed by atoms with E-state index in [9.17, 15) is 22.4 Å². The molecule has 1 aromatic carbocycles. The number of aromatic amines is 1. The second-order valence-corrected chi connectivity index (χ2v) is 7.17. The Morgan fingerprint density at radius 3 is 2.72 bits per heavy atom. The number of carbonyl (C=O) groups excluding carboxylic acids is 1. The number of rotatable bonds is 5. The van der Waals surface area contributed by atoms with Gasteiger partial charge in [-0.25, -0.2) is 14.4 Å². The summed E-state index contributed by atoms with van der Waals surface area (Å²) in [5.74, 6) is -1.55. The van der Waals surface area contributed by atoms with Crippen LogP contribution in [0.3, 0.4) is 0 Å². The van der Waals surface area contributed by atoms with Crippen molar-refractivity contribution in [3.63, 3.8) is 0 Å². The summed E-state index contributed by atoms with van der Waals surface area (Å²) >= 11 is 5.60. The van der Waals surface area contributed by atoms with E-state index in [1.807, 2.05) is 6.07 Å². The zero-order valence-electron chi connectivity index (χ0n) is 16.1. The summed E-state index contributed by atoms with van der Waals surface area (Å²) < 4.78 is 53.0. The van der Waals surface area contributed by atoms with Crippen LogP contribution < -0.4 is 10.6 Å². The van der Waals surface area contributed by atoms with Crippen molar-refractivity contribution in [2.24, 2.45) is 0 Å². The van der Waals surface area contributed by atoms with Gasteiger partial charge in [0.25, 0.3) is 5.91 Å². The molecule has 4 rings (SSSR count). The van der Waals surface area contributed by atoms with Crippen molar-refractivity contribution in [3.8, 4) is 0 Å². The quantitative estimate of drug-likeness (QED) is 0.335. The molecule has 0 aliphatic rings. The van der Waals surface area contributed by atoms with Gasteiger partial charge < -0.3 is 15.6 Å². The van der Waals surface area contributed by atoms with Gasteiger partial charge in [0.1, 0.15) is 17.3 Å². The number of alkyl halides is 3. The third-order valence-electron chi connectivity index (χ3n) is 4.63. The number of H-pyrrole nitrogens is 1. The minimum Gasteiger partial charge on any atom is -0.365 e. The number of hydrogen-bond acceptors (Lipinski definition) is 4. The summed E-state index contributed by atoms with van der Waals surface area (Å²) in [6.45, 7) is 0.245. The minimum absolute atomic E-state index is 0.0643. The monoisotopic (exact) mass is 463 g/mol. The van der Waals surface area contributed by atoms with Crippen molar-refractivity contribution >= 4 is 40.0 Å². The Labute approximate surface area is 183 Å². The van der Waals surface area contributed by atoms with Gasteiger partial charge in [-0.3, -0.25) is 4.79 Å². The third kappa shape index (κ3) is 4.50. The molecule has 4 aromatic rings. The first-order valence-electron chi connectivity index (χ1n) is 9.21. The van der Waals surface area contributed by atoms with Gasteiger partial charge in [-0.1, -0.05) is 11.6 Å². The van der Waals surface area contributed by atoms with Crippen LogP contribution >= 0.6 is 11.6 Å². The van der Waals surface area contributed by atoms with Gasteiger partial charge in [-0.15, -0.1) is 0 Å². The molecule has 0 radical (unpaired) electrons. The number of hydrogen-bond donors (Lipinski definition) is 3. The zero-order chi connectivity index (χ0) is 22.9. The Kier molecular flexibility index (Phi) is 5.70. The van der Waals surface area contributed by atoms with E-state index in [1.54, 1.807) is 18.5 Å². The molecule has 0 spiro atoms. The van der Waals surface area contributed by atoms with E-state index in [1.165, 1.54) is 6.07 Å². The van der Waals surface area contributed by atoms with E-state index in [0.29, 0.717) is 11.7 Å². The topological polar surface area (TPSA) is 82.7 Å². The Morgan fingerprint density at radius 2 is 1.94 bits per heavy atom. The standard InChI is InChI=1S/C21H14ClF4N5O/c22-17-2-1-13(8-16(17)21(24,25)26)31-20(32)15-7-12(23)10-30-19(15)29-9-11-3-5-27-18-14(11)4-6-28-18/h1-8,10H,9H2,(H,27,28)(H,29,30)(H,31,32). The molecule has 0 saturated carbocycles. The van der Waals surface area contributed by atoms with Crippen molar-refractivity contribution in [1.82, 2.24) is 15.0 Å². The van der Waals surface area contributed by atoms with E-state index in [4.69, 9.17) is 11.6 Å². The van der Waals surface area contributed by atoms with Crippen molar-refractivity contribution in [1.29, 1.82) is 0 Å². The van der Waals surface area contributed by atoms with E-state index < -0.39 is 28.5 Å². The predicted octanol–water partition coefficient (Wildman–Crippen LogP) is 5.63. The molecular weight excluding hydrogens is 450 g/mol. The highest BCUT2D eigenvalue weighted by Gasteiger charge is 2.33. The second-order valence-electron chi connectivity index (χ2n) is 6.76. The van der Waals surface area contributed by atoms with Gasteiger partial charge in [0.15, 0.2) is 0 Å². The van der Waals surface area contributed by atoms with Crippen molar-refractivity contribution in [3.05, 3.63) is 82.5 Å². The number of nitrogens with one attached hydrogen (secondary N) is 3. The summed E-state index contributed by atoms with van der Waals surface area (Å²) in [5, 5.41) is 5.65. The van der Waals surface area contributed by atoms with Gasteiger partial charge in [0.2, 0.25) is 0 Å². The lowest BCUT2D eigenvalue weighted by molar-refractivity contribution is -0.137. The molecule has 0 atom stereocenters. The Balaban J connectivity index is 1.58. The molecule has 164 valence electrons. The molecule has 6 nitrogen and oxygen atoms in total. The Hall–Kier alpha value is -3.66. The van der Waals surface area contributed by atoms with E-state index in [-0.39, 0.29) is 23.6 Å². The summed E-state index contributed by atoms with van der Waals surface area (Å²) in [5.41, 5.74) is 0.109. The van der Waals surface area contributed by atoms with Crippen LogP contribution in [-0.4, -0.2) is 20.9 Å². The molecule has 0 saturated heterocycles. The zero-order valence-corrected chi connectivity index (χ0v) is 16.9. The van der Waals surface area contributed by atoms with Crippen LogP contribution in [0.1, 0.15) is 21.5 Å². The van der Waals surface area contributed by atoms with Crippen molar-refractivity contribution < 1.29 is 22.4 Å². The molecule has 0 unspecified atom stereocenters. The number of carbonyl (C=O) groups is 1. The summed E-state index contributed by atoms with van der Waals surface area (Å²) in [6, 6.07) is 7.51. The van der Waals surface area contributed by atoms with E-state index in [0.717, 1.165) is 29.3 Å². The molecule has 32 heavy (non-hydrogen) atoms. The lowest BCUT2D eigenvalue weighted by Gasteiger charge is -2.14. The number of amides is 1. The van der Waals surface area contributed by atoms with Gasteiger partial charge in [-0.2, -0.15) is 13.2 Å². The van der Waals surface area contributed by atoms with Crippen LogP contribution in [0, 0.1) is 5.82 Å². The van der Waals surface area contributed by atoms with Crippen LogP contribution in [0.5, 0.6) is 0 Å². The summed E-state index contributed by atoms with van der Waals surface area (Å²) in [7, 11) is 0. The third-order valence-corrected chi connectivity index (χ3v) is 4.95. The van der Waals surface area contributed by atoms with Crippen LogP contribution in [0.2, 0.25) is 5.02 Å². The van der Waals surface area contributed by atoms with E-state index >= 15 is 0 Å². The number of nitrogens with zero attached hydrogens (tertiary/aromatic N) is 2. The molecule has 0 fully saturated rings. The number of benzene rings is 1. The fraction of sp³-hybridized carbons (Fsp3) is 0.0952. The minimum atomic E-state index is -4.70. The van der Waals surface area contributed by atoms with Gasteiger partial charge in [0, 0.05) is 30.0 Å². The van der Waals surface area contributed by atoms with E-state index in [2.05, 4.69) is 25.6 Å². The average Bonchev–Trinajstić information content (AvgIpc) is 3.23. The van der Waals surface area contributed by atoms with Crippen LogP contribution in [0.15, 0.2) is 55.0 Å². The second kappa shape index (κ2) is 8.46. The van der Waals surface area contributed by atoms with Crippen LogP contribution in [-0.2, 0) is 12.7 Å². The first kappa shape index (κ1) is 21.6. The molecular formula is C21H14ClF4N5O.